The van der Waals surface area contributed by atoms with Gasteiger partial charge in [0.1, 0.15) is 5.75 Å². The van der Waals surface area contributed by atoms with Crippen molar-refractivity contribution < 1.29 is 17.9 Å². The highest BCUT2D eigenvalue weighted by atomic mass is 35.5. The van der Waals surface area contributed by atoms with Crippen molar-refractivity contribution in [2.75, 3.05) is 11.3 Å². The van der Waals surface area contributed by atoms with Crippen molar-refractivity contribution in [3.63, 3.8) is 0 Å². The number of halogens is 2. The van der Waals surface area contributed by atoms with Gasteiger partial charge in [-0.3, -0.25) is 9.52 Å². The van der Waals surface area contributed by atoms with E-state index in [9.17, 15) is 13.2 Å². The minimum absolute atomic E-state index is 0.0211. The molecule has 2 aromatic rings. The Morgan fingerprint density at radius 3 is 2.42 bits per heavy atom. The molecule has 2 N–H and O–H groups in total. The van der Waals surface area contributed by atoms with Gasteiger partial charge in [0.05, 0.1) is 9.92 Å². The van der Waals surface area contributed by atoms with Crippen molar-refractivity contribution in [1.82, 2.24) is 5.32 Å². The molecule has 1 saturated carbocycles. The first-order valence-corrected chi connectivity index (χ1v) is 10.1. The average Bonchev–Trinajstić information content (AvgIpc) is 3.39. The molecule has 2 aromatic carbocycles. The molecular formula is C17H16Cl2N2O4S. The van der Waals surface area contributed by atoms with Crippen LogP contribution in [0.15, 0.2) is 47.4 Å². The van der Waals surface area contributed by atoms with Crippen LogP contribution in [0.1, 0.15) is 12.8 Å². The predicted octanol–water partition coefficient (Wildman–Crippen LogP) is 3.45. The summed E-state index contributed by atoms with van der Waals surface area (Å²) in [6, 6.07) is 10.6. The zero-order chi connectivity index (χ0) is 18.7. The molecule has 1 amide bonds. The number of carbonyl (C=O) groups excluding carboxylic acids is 1. The van der Waals surface area contributed by atoms with Crippen LogP contribution in [0.3, 0.4) is 0 Å². The SMILES string of the molecule is O=C(COc1ccc(S(=O)(=O)Nc2ccc(Cl)cc2)cc1Cl)NC1CC1. The van der Waals surface area contributed by atoms with Crippen LogP contribution < -0.4 is 14.8 Å². The number of anilines is 1. The summed E-state index contributed by atoms with van der Waals surface area (Å²) in [5.74, 6) is 0.00715. The second kappa shape index (κ2) is 7.73. The standard InChI is InChI=1S/C17H16Cl2N2O4S/c18-11-1-3-13(4-2-11)21-26(23,24)14-7-8-16(15(19)9-14)25-10-17(22)20-12-5-6-12/h1-4,7-9,12,21H,5-6,10H2,(H,20,22). The largest absolute Gasteiger partial charge is 0.482 e. The number of ether oxygens (including phenoxy) is 1. The van der Waals surface area contributed by atoms with Crippen LogP contribution in [-0.2, 0) is 14.8 Å². The maximum Gasteiger partial charge on any atom is 0.261 e. The lowest BCUT2D eigenvalue weighted by Gasteiger charge is -2.11. The molecule has 0 aromatic heterocycles. The molecule has 0 saturated heterocycles. The average molecular weight is 415 g/mol. The maximum atomic E-state index is 12.4. The molecule has 0 heterocycles. The second-order valence-electron chi connectivity index (χ2n) is 5.84. The van der Waals surface area contributed by atoms with Crippen LogP contribution >= 0.6 is 23.2 Å². The number of benzene rings is 2. The summed E-state index contributed by atoms with van der Waals surface area (Å²) < 4.78 is 32.7. The molecule has 1 aliphatic rings. The molecule has 0 unspecified atom stereocenters. The highest BCUT2D eigenvalue weighted by Crippen LogP contribution is 2.28. The molecule has 0 aliphatic heterocycles. The van der Waals surface area contributed by atoms with Crippen LogP contribution in [0.25, 0.3) is 0 Å². The van der Waals surface area contributed by atoms with Crippen LogP contribution in [0.2, 0.25) is 10.0 Å². The predicted molar refractivity (Wildman–Crippen MR) is 100 cm³/mol. The lowest BCUT2D eigenvalue weighted by molar-refractivity contribution is -0.123. The van der Waals surface area contributed by atoms with Gasteiger partial charge in [0.2, 0.25) is 0 Å². The molecule has 6 nitrogen and oxygen atoms in total. The number of carbonyl (C=O) groups is 1. The number of rotatable bonds is 7. The molecule has 0 radical (unpaired) electrons. The first-order chi connectivity index (χ1) is 12.3. The minimum Gasteiger partial charge on any atom is -0.482 e. The van der Waals surface area contributed by atoms with E-state index in [0.717, 1.165) is 12.8 Å². The third-order valence-electron chi connectivity index (χ3n) is 3.61. The Hall–Kier alpha value is -1.96. The third-order valence-corrected chi connectivity index (χ3v) is 5.54. The Balaban J connectivity index is 1.67. The molecule has 3 rings (SSSR count). The van der Waals surface area contributed by atoms with E-state index in [1.54, 1.807) is 24.3 Å². The lowest BCUT2D eigenvalue weighted by atomic mass is 10.3. The zero-order valence-electron chi connectivity index (χ0n) is 13.5. The summed E-state index contributed by atoms with van der Waals surface area (Å²) in [4.78, 5) is 11.6. The number of amides is 1. The summed E-state index contributed by atoms with van der Waals surface area (Å²) in [6.45, 7) is -0.175. The van der Waals surface area contributed by atoms with Crippen LogP contribution in [-0.4, -0.2) is 27.0 Å². The van der Waals surface area contributed by atoms with Gasteiger partial charge in [-0.25, -0.2) is 8.42 Å². The molecule has 0 bridgehead atoms. The fraction of sp³-hybridized carbons (Fsp3) is 0.235. The van der Waals surface area contributed by atoms with Crippen LogP contribution in [0, 0.1) is 0 Å². The van der Waals surface area contributed by atoms with E-state index in [1.165, 1.54) is 18.2 Å². The number of sulfonamides is 1. The fourth-order valence-electron chi connectivity index (χ4n) is 2.14. The molecule has 1 fully saturated rings. The first kappa shape index (κ1) is 18.8. The van der Waals surface area contributed by atoms with Gasteiger partial charge in [0, 0.05) is 16.8 Å². The number of hydrogen-bond donors (Lipinski definition) is 2. The molecular weight excluding hydrogens is 399 g/mol. The van der Waals surface area contributed by atoms with E-state index in [-0.39, 0.29) is 34.2 Å². The summed E-state index contributed by atoms with van der Waals surface area (Å²) in [5, 5.41) is 3.39. The number of hydrogen-bond acceptors (Lipinski definition) is 4. The van der Waals surface area contributed by atoms with Gasteiger partial charge in [-0.05, 0) is 55.3 Å². The summed E-state index contributed by atoms with van der Waals surface area (Å²) in [6.07, 6.45) is 1.97. The number of nitrogens with one attached hydrogen (secondary N) is 2. The second-order valence-corrected chi connectivity index (χ2v) is 8.36. The van der Waals surface area contributed by atoms with E-state index < -0.39 is 10.0 Å². The first-order valence-electron chi connectivity index (χ1n) is 7.83. The summed E-state index contributed by atoms with van der Waals surface area (Å²) in [7, 11) is -3.82. The Morgan fingerprint density at radius 1 is 1.12 bits per heavy atom. The Bertz CT molecular complexity index is 913. The van der Waals surface area contributed by atoms with Crippen molar-refractivity contribution in [3.8, 4) is 5.75 Å². The monoisotopic (exact) mass is 414 g/mol. The van der Waals surface area contributed by atoms with Gasteiger partial charge in [0.15, 0.2) is 6.61 Å². The van der Waals surface area contributed by atoms with Crippen LogP contribution in [0.5, 0.6) is 5.75 Å². The van der Waals surface area contributed by atoms with E-state index in [0.29, 0.717) is 10.7 Å². The van der Waals surface area contributed by atoms with E-state index >= 15 is 0 Å². The Labute approximate surface area is 161 Å². The van der Waals surface area contributed by atoms with Crippen molar-refractivity contribution in [2.45, 2.75) is 23.8 Å². The van der Waals surface area contributed by atoms with Gasteiger partial charge in [-0.1, -0.05) is 23.2 Å². The van der Waals surface area contributed by atoms with E-state index in [2.05, 4.69) is 10.0 Å². The normalized spacial score (nSPS) is 13.9. The summed E-state index contributed by atoms with van der Waals surface area (Å²) in [5.41, 5.74) is 0.377. The minimum atomic E-state index is -3.82. The van der Waals surface area contributed by atoms with Crippen molar-refractivity contribution in [3.05, 3.63) is 52.5 Å². The quantitative estimate of drug-likeness (QED) is 0.726. The molecule has 9 heteroatoms. The Morgan fingerprint density at radius 2 is 1.81 bits per heavy atom. The molecule has 0 atom stereocenters. The van der Waals surface area contributed by atoms with Gasteiger partial charge in [0.25, 0.3) is 15.9 Å². The summed E-state index contributed by atoms with van der Waals surface area (Å²) >= 11 is 11.9. The van der Waals surface area contributed by atoms with E-state index in [4.69, 9.17) is 27.9 Å². The highest BCUT2D eigenvalue weighted by Gasteiger charge is 2.23. The van der Waals surface area contributed by atoms with Gasteiger partial charge < -0.3 is 10.1 Å². The van der Waals surface area contributed by atoms with Crippen molar-refractivity contribution in [2.24, 2.45) is 0 Å². The third kappa shape index (κ3) is 5.03. The molecule has 1 aliphatic carbocycles. The molecule has 0 spiro atoms. The van der Waals surface area contributed by atoms with Crippen LogP contribution in [0.4, 0.5) is 5.69 Å². The topological polar surface area (TPSA) is 84.5 Å². The smallest absolute Gasteiger partial charge is 0.261 e. The fourth-order valence-corrected chi connectivity index (χ4v) is 3.65. The highest BCUT2D eigenvalue weighted by molar-refractivity contribution is 7.92. The zero-order valence-corrected chi connectivity index (χ0v) is 15.9. The molecule has 138 valence electrons. The molecule has 26 heavy (non-hydrogen) atoms. The van der Waals surface area contributed by atoms with E-state index in [1.807, 2.05) is 0 Å². The maximum absolute atomic E-state index is 12.4. The van der Waals surface area contributed by atoms with Gasteiger partial charge >= 0.3 is 0 Å². The Kier molecular flexibility index (Phi) is 5.60. The van der Waals surface area contributed by atoms with Crippen molar-refractivity contribution in [1.29, 1.82) is 0 Å². The van der Waals surface area contributed by atoms with Gasteiger partial charge in [-0.2, -0.15) is 0 Å². The van der Waals surface area contributed by atoms with Gasteiger partial charge in [-0.15, -0.1) is 0 Å². The lowest BCUT2D eigenvalue weighted by Crippen LogP contribution is -2.30. The van der Waals surface area contributed by atoms with Crippen molar-refractivity contribution >= 4 is 44.8 Å².